The lowest BCUT2D eigenvalue weighted by atomic mass is 10.1. The van der Waals surface area contributed by atoms with Crippen LogP contribution in [0, 0.1) is 5.92 Å². The molecule has 140 valence electrons. The van der Waals surface area contributed by atoms with Crippen LogP contribution in [-0.2, 0) is 11.3 Å². The van der Waals surface area contributed by atoms with Crippen LogP contribution in [0.1, 0.15) is 26.3 Å². The monoisotopic (exact) mass is 351 g/mol. The summed E-state index contributed by atoms with van der Waals surface area (Å²) in [6.45, 7) is 6.71. The van der Waals surface area contributed by atoms with Gasteiger partial charge in [0.2, 0.25) is 5.91 Å². The van der Waals surface area contributed by atoms with Crippen LogP contribution in [0.3, 0.4) is 0 Å². The second kappa shape index (κ2) is 9.88. The number of nitrogens with one attached hydrogen (secondary N) is 2. The van der Waals surface area contributed by atoms with Gasteiger partial charge in [0.05, 0.1) is 20.3 Å². The zero-order chi connectivity index (χ0) is 19.0. The van der Waals surface area contributed by atoms with Gasteiger partial charge in [0.25, 0.3) is 0 Å². The van der Waals surface area contributed by atoms with Crippen LogP contribution in [0.5, 0.6) is 11.5 Å². The number of likely N-dealkylation sites (N-methyl/N-ethyl adjacent to an activating group) is 1. The Hall–Kier alpha value is -2.28. The molecule has 0 bridgehead atoms. The number of urea groups is 1. The lowest BCUT2D eigenvalue weighted by Gasteiger charge is -2.25. The molecule has 1 unspecified atom stereocenters. The van der Waals surface area contributed by atoms with E-state index in [2.05, 4.69) is 10.6 Å². The number of nitrogens with zero attached hydrogens (tertiary/aromatic N) is 1. The maximum atomic E-state index is 12.2. The molecule has 0 aliphatic heterocycles. The Kier molecular flexibility index (Phi) is 8.21. The summed E-state index contributed by atoms with van der Waals surface area (Å²) < 4.78 is 10.7. The molecule has 7 nitrogen and oxygen atoms in total. The summed E-state index contributed by atoms with van der Waals surface area (Å²) >= 11 is 0. The van der Waals surface area contributed by atoms with Gasteiger partial charge in [0.15, 0.2) is 11.5 Å². The highest BCUT2D eigenvalue weighted by atomic mass is 16.5. The number of carbonyl (C=O) groups is 2. The Labute approximate surface area is 149 Å². The Morgan fingerprint density at radius 3 is 2.40 bits per heavy atom. The van der Waals surface area contributed by atoms with Crippen LogP contribution in [0.2, 0.25) is 0 Å². The molecule has 1 aromatic rings. The number of amides is 3. The van der Waals surface area contributed by atoms with E-state index in [1.54, 1.807) is 21.1 Å². The number of methoxy groups -OCH3 is 2. The fourth-order valence-corrected chi connectivity index (χ4v) is 2.24. The van der Waals surface area contributed by atoms with Gasteiger partial charge in [-0.05, 0) is 26.0 Å². The minimum absolute atomic E-state index is 0.321. The fraction of sp³-hybridized carbons (Fsp3) is 0.556. The zero-order valence-corrected chi connectivity index (χ0v) is 15.9. The largest absolute Gasteiger partial charge is 0.493 e. The predicted molar refractivity (Wildman–Crippen MR) is 96.9 cm³/mol. The standard InChI is InChI=1S/C18H29N3O4/c1-12(2)10-19-18(23)20-17(22)13(3)21(4)11-14-8-7-9-15(24-5)16(14)25-6/h7-9,12-13H,10-11H2,1-6H3,(H2,19,20,22,23). The molecule has 7 heteroatoms. The summed E-state index contributed by atoms with van der Waals surface area (Å²) in [5.74, 6) is 1.24. The van der Waals surface area contributed by atoms with Gasteiger partial charge in [-0.25, -0.2) is 4.79 Å². The van der Waals surface area contributed by atoms with Crippen LogP contribution in [-0.4, -0.2) is 50.7 Å². The molecule has 0 radical (unpaired) electrons. The topological polar surface area (TPSA) is 79.9 Å². The average molecular weight is 351 g/mol. The van der Waals surface area contributed by atoms with Gasteiger partial charge in [-0.2, -0.15) is 0 Å². The quantitative estimate of drug-likeness (QED) is 0.749. The fourth-order valence-electron chi connectivity index (χ4n) is 2.24. The molecule has 1 aromatic carbocycles. The molecule has 0 heterocycles. The first kappa shape index (κ1) is 20.8. The first-order valence-corrected chi connectivity index (χ1v) is 8.28. The number of hydrogen-bond donors (Lipinski definition) is 2. The van der Waals surface area contributed by atoms with Crippen molar-refractivity contribution in [3.8, 4) is 11.5 Å². The van der Waals surface area contributed by atoms with E-state index < -0.39 is 12.1 Å². The van der Waals surface area contributed by atoms with E-state index in [-0.39, 0.29) is 5.91 Å². The molecular formula is C18H29N3O4. The number of benzene rings is 1. The molecule has 2 N–H and O–H groups in total. The van der Waals surface area contributed by atoms with Crippen LogP contribution in [0.4, 0.5) is 4.79 Å². The maximum Gasteiger partial charge on any atom is 0.321 e. The number of hydrogen-bond acceptors (Lipinski definition) is 5. The van der Waals surface area contributed by atoms with E-state index in [1.165, 1.54) is 0 Å². The summed E-state index contributed by atoms with van der Waals surface area (Å²) in [4.78, 5) is 25.8. The Morgan fingerprint density at radius 1 is 1.16 bits per heavy atom. The van der Waals surface area contributed by atoms with Crippen molar-refractivity contribution in [1.82, 2.24) is 15.5 Å². The first-order valence-electron chi connectivity index (χ1n) is 8.28. The lowest BCUT2D eigenvalue weighted by Crippen LogP contribution is -2.48. The van der Waals surface area contributed by atoms with Gasteiger partial charge < -0.3 is 14.8 Å². The van der Waals surface area contributed by atoms with Gasteiger partial charge in [0.1, 0.15) is 0 Å². The number of carbonyl (C=O) groups excluding carboxylic acids is 2. The SMILES string of the molecule is COc1cccc(CN(C)C(C)C(=O)NC(=O)NCC(C)C)c1OC. The van der Waals surface area contributed by atoms with Gasteiger partial charge in [0, 0.05) is 18.7 Å². The summed E-state index contributed by atoms with van der Waals surface area (Å²) in [5.41, 5.74) is 0.897. The van der Waals surface area contributed by atoms with Crippen LogP contribution >= 0.6 is 0 Å². The van der Waals surface area contributed by atoms with Crippen molar-refractivity contribution in [1.29, 1.82) is 0 Å². The summed E-state index contributed by atoms with van der Waals surface area (Å²) in [5, 5.41) is 5.03. The van der Waals surface area contributed by atoms with Crippen LogP contribution in [0.15, 0.2) is 18.2 Å². The lowest BCUT2D eigenvalue weighted by molar-refractivity contribution is -0.124. The van der Waals surface area contributed by atoms with Gasteiger partial charge in [-0.1, -0.05) is 26.0 Å². The molecule has 0 saturated carbocycles. The summed E-state index contributed by atoms with van der Waals surface area (Å²) in [7, 11) is 4.98. The van der Waals surface area contributed by atoms with Gasteiger partial charge >= 0.3 is 6.03 Å². The van der Waals surface area contributed by atoms with Crippen molar-refractivity contribution in [3.63, 3.8) is 0 Å². The highest BCUT2D eigenvalue weighted by Crippen LogP contribution is 2.31. The van der Waals surface area contributed by atoms with Gasteiger partial charge in [-0.15, -0.1) is 0 Å². The average Bonchev–Trinajstić information content (AvgIpc) is 2.58. The third-order valence-electron chi connectivity index (χ3n) is 3.85. The van der Waals surface area contributed by atoms with E-state index in [4.69, 9.17) is 9.47 Å². The van der Waals surface area contributed by atoms with E-state index in [0.29, 0.717) is 30.5 Å². The Balaban J connectivity index is 2.69. The van der Waals surface area contributed by atoms with Crippen LogP contribution in [0.25, 0.3) is 0 Å². The van der Waals surface area contributed by atoms with Crippen molar-refractivity contribution in [2.24, 2.45) is 5.92 Å². The van der Waals surface area contributed by atoms with Gasteiger partial charge in [-0.3, -0.25) is 15.0 Å². The van der Waals surface area contributed by atoms with Crippen molar-refractivity contribution in [2.75, 3.05) is 27.8 Å². The highest BCUT2D eigenvalue weighted by Gasteiger charge is 2.22. The minimum Gasteiger partial charge on any atom is -0.493 e. The summed E-state index contributed by atoms with van der Waals surface area (Å²) in [6, 6.07) is 4.64. The van der Waals surface area contributed by atoms with Crippen molar-refractivity contribution < 1.29 is 19.1 Å². The molecule has 3 amide bonds. The summed E-state index contributed by atoms with van der Waals surface area (Å²) in [6.07, 6.45) is 0. The number of para-hydroxylation sites is 1. The maximum absolute atomic E-state index is 12.2. The van der Waals surface area contributed by atoms with Crippen LogP contribution < -0.4 is 20.1 Å². The van der Waals surface area contributed by atoms with E-state index >= 15 is 0 Å². The predicted octanol–water partition coefficient (Wildman–Crippen LogP) is 2.01. The second-order valence-electron chi connectivity index (χ2n) is 6.34. The molecule has 1 atom stereocenters. The molecule has 0 fully saturated rings. The third kappa shape index (κ3) is 6.26. The molecule has 1 rings (SSSR count). The van der Waals surface area contributed by atoms with Crippen molar-refractivity contribution in [3.05, 3.63) is 23.8 Å². The zero-order valence-electron chi connectivity index (χ0n) is 15.9. The first-order chi connectivity index (χ1) is 11.8. The Bertz CT molecular complexity index is 590. The molecule has 25 heavy (non-hydrogen) atoms. The highest BCUT2D eigenvalue weighted by molar-refractivity contribution is 5.96. The molecule has 0 aromatic heterocycles. The van der Waals surface area contributed by atoms with Crippen molar-refractivity contribution in [2.45, 2.75) is 33.4 Å². The minimum atomic E-state index is -0.485. The van der Waals surface area contributed by atoms with E-state index in [9.17, 15) is 9.59 Å². The molecular weight excluding hydrogens is 322 g/mol. The van der Waals surface area contributed by atoms with E-state index in [0.717, 1.165) is 5.56 Å². The second-order valence-corrected chi connectivity index (χ2v) is 6.34. The molecule has 0 aliphatic carbocycles. The number of ether oxygens (including phenoxy) is 2. The molecule has 0 spiro atoms. The van der Waals surface area contributed by atoms with E-state index in [1.807, 2.05) is 44.0 Å². The Morgan fingerprint density at radius 2 is 1.84 bits per heavy atom. The number of rotatable bonds is 8. The number of imide groups is 1. The van der Waals surface area contributed by atoms with Crippen molar-refractivity contribution >= 4 is 11.9 Å². The molecule has 0 aliphatic rings. The molecule has 0 saturated heterocycles. The normalized spacial score (nSPS) is 12.0. The smallest absolute Gasteiger partial charge is 0.321 e. The third-order valence-corrected chi connectivity index (χ3v) is 3.85.